The number of nitrogens with zero attached hydrogens (tertiary/aromatic N) is 1. The Morgan fingerprint density at radius 2 is 1.91 bits per heavy atom. The van der Waals surface area contributed by atoms with E-state index >= 15 is 0 Å². The molecule has 1 aromatic carbocycles. The van der Waals surface area contributed by atoms with Crippen molar-refractivity contribution in [2.75, 3.05) is 6.61 Å². The van der Waals surface area contributed by atoms with Crippen LogP contribution in [-0.4, -0.2) is 25.0 Å². The highest BCUT2D eigenvalue weighted by molar-refractivity contribution is 7.90. The number of aromatic nitrogens is 1. The van der Waals surface area contributed by atoms with Gasteiger partial charge in [-0.2, -0.15) is 0 Å². The molecule has 0 aliphatic carbocycles. The molecule has 1 heterocycles. The summed E-state index contributed by atoms with van der Waals surface area (Å²) in [5, 5.41) is 0. The van der Waals surface area contributed by atoms with E-state index in [4.69, 9.17) is 4.74 Å². The number of ether oxygens (including phenoxy) is 1. The van der Waals surface area contributed by atoms with Gasteiger partial charge in [-0.15, -0.1) is 0 Å². The van der Waals surface area contributed by atoms with Crippen molar-refractivity contribution in [3.8, 4) is 0 Å². The first kappa shape index (κ1) is 16.0. The first-order valence-corrected chi connectivity index (χ1v) is 8.23. The van der Waals surface area contributed by atoms with Crippen LogP contribution >= 0.6 is 0 Å². The molecule has 0 radical (unpaired) electrons. The Hall–Kier alpha value is -2.34. The normalized spacial score (nSPS) is 11.7. The third-order valence-corrected chi connectivity index (χ3v) is 4.72. The summed E-state index contributed by atoms with van der Waals surface area (Å²) in [6.07, 6.45) is 4.07. The molecule has 0 N–H and O–H groups in total. The Morgan fingerprint density at radius 3 is 2.55 bits per heavy atom. The summed E-state index contributed by atoms with van der Waals surface area (Å²) in [7, 11) is -3.69. The largest absolute Gasteiger partial charge is 0.463 e. The van der Waals surface area contributed by atoms with Gasteiger partial charge in [0.05, 0.1) is 17.2 Å². The average molecular weight is 319 g/mol. The number of rotatable bonds is 5. The fourth-order valence-corrected chi connectivity index (χ4v) is 3.23. The van der Waals surface area contributed by atoms with Crippen molar-refractivity contribution in [2.45, 2.75) is 18.7 Å². The van der Waals surface area contributed by atoms with E-state index in [2.05, 4.69) is 0 Å². The second kappa shape index (κ2) is 6.62. The van der Waals surface area contributed by atoms with Crippen LogP contribution in [0.1, 0.15) is 18.2 Å². The molecule has 0 aliphatic heterocycles. The molecule has 22 heavy (non-hydrogen) atoms. The van der Waals surface area contributed by atoms with Crippen molar-refractivity contribution in [1.29, 1.82) is 0 Å². The molecule has 0 fully saturated rings. The monoisotopic (exact) mass is 319 g/mol. The van der Waals surface area contributed by atoms with E-state index in [0.29, 0.717) is 5.69 Å². The summed E-state index contributed by atoms with van der Waals surface area (Å²) in [6.45, 7) is 3.86. The molecule has 0 atom stereocenters. The Labute approximate surface area is 129 Å². The molecule has 0 bridgehead atoms. The highest BCUT2D eigenvalue weighted by Gasteiger charge is 2.18. The van der Waals surface area contributed by atoms with Crippen LogP contribution in [0.2, 0.25) is 0 Å². The van der Waals surface area contributed by atoms with Gasteiger partial charge in [-0.25, -0.2) is 17.2 Å². The Morgan fingerprint density at radius 1 is 1.23 bits per heavy atom. The van der Waals surface area contributed by atoms with E-state index in [1.165, 1.54) is 18.3 Å². The number of aryl methyl sites for hydroxylation is 1. The molecule has 0 unspecified atom stereocenters. The van der Waals surface area contributed by atoms with E-state index in [-0.39, 0.29) is 11.5 Å². The fraction of sp³-hybridized carbons (Fsp3) is 0.188. The number of esters is 1. The van der Waals surface area contributed by atoms with Gasteiger partial charge in [-0.3, -0.25) is 0 Å². The molecule has 0 amide bonds. The lowest BCUT2D eigenvalue weighted by Gasteiger charge is -2.08. The van der Waals surface area contributed by atoms with Crippen LogP contribution < -0.4 is 0 Å². The average Bonchev–Trinajstić information content (AvgIpc) is 2.95. The molecule has 0 saturated heterocycles. The van der Waals surface area contributed by atoms with E-state index in [0.717, 1.165) is 9.54 Å². The number of carbonyl (C=O) groups excluding carboxylic acids is 1. The van der Waals surface area contributed by atoms with Gasteiger partial charge in [0, 0.05) is 12.3 Å². The zero-order valence-electron chi connectivity index (χ0n) is 12.4. The van der Waals surface area contributed by atoms with E-state index in [1.807, 2.05) is 6.92 Å². The van der Waals surface area contributed by atoms with Crippen LogP contribution in [0, 0.1) is 6.92 Å². The van der Waals surface area contributed by atoms with Gasteiger partial charge in [0.1, 0.15) is 0 Å². The quantitative estimate of drug-likeness (QED) is 0.627. The molecule has 2 rings (SSSR count). The number of hydrogen-bond donors (Lipinski definition) is 0. The molecule has 6 heteroatoms. The van der Waals surface area contributed by atoms with Crippen molar-refractivity contribution >= 4 is 22.1 Å². The third kappa shape index (κ3) is 3.46. The lowest BCUT2D eigenvalue weighted by atomic mass is 10.2. The van der Waals surface area contributed by atoms with Crippen molar-refractivity contribution < 1.29 is 17.9 Å². The van der Waals surface area contributed by atoms with Gasteiger partial charge in [0.15, 0.2) is 0 Å². The maximum Gasteiger partial charge on any atom is 0.330 e. The van der Waals surface area contributed by atoms with Gasteiger partial charge < -0.3 is 4.74 Å². The van der Waals surface area contributed by atoms with E-state index in [9.17, 15) is 13.2 Å². The van der Waals surface area contributed by atoms with Crippen LogP contribution in [0.4, 0.5) is 0 Å². The summed E-state index contributed by atoms with van der Waals surface area (Å²) < 4.78 is 31.1. The molecule has 2 aromatic rings. The molecule has 0 aliphatic rings. The summed E-state index contributed by atoms with van der Waals surface area (Å²) in [5.74, 6) is -0.511. The highest BCUT2D eigenvalue weighted by atomic mass is 32.2. The molecule has 5 nitrogen and oxygen atoms in total. The fourth-order valence-electron chi connectivity index (χ4n) is 1.89. The van der Waals surface area contributed by atoms with Gasteiger partial charge in [-0.1, -0.05) is 17.7 Å². The number of hydrogen-bond acceptors (Lipinski definition) is 4. The van der Waals surface area contributed by atoms with E-state index < -0.39 is 16.0 Å². The standard InChI is InChI=1S/C16H17NO4S/c1-3-21-16(18)11-8-14-5-4-12-17(14)22(19,20)15-9-6-13(2)7-10-15/h4-12H,3H2,1-2H3/b11-8+. The zero-order valence-corrected chi connectivity index (χ0v) is 13.2. The lowest BCUT2D eigenvalue weighted by Crippen LogP contribution is -2.13. The minimum atomic E-state index is -3.69. The van der Waals surface area contributed by atoms with Crippen LogP contribution in [0.25, 0.3) is 6.08 Å². The Bertz CT molecular complexity index is 786. The maximum atomic E-state index is 12.6. The summed E-state index contributed by atoms with van der Waals surface area (Å²) in [4.78, 5) is 11.5. The summed E-state index contributed by atoms with van der Waals surface area (Å²) in [5.41, 5.74) is 1.36. The van der Waals surface area contributed by atoms with Gasteiger partial charge in [0.25, 0.3) is 10.0 Å². The van der Waals surface area contributed by atoms with Gasteiger partial charge >= 0.3 is 5.97 Å². The first-order valence-electron chi connectivity index (χ1n) is 6.79. The SMILES string of the molecule is CCOC(=O)/C=C/c1cccn1S(=O)(=O)c1ccc(C)cc1. The molecule has 116 valence electrons. The minimum absolute atomic E-state index is 0.195. The summed E-state index contributed by atoms with van der Waals surface area (Å²) >= 11 is 0. The van der Waals surface area contributed by atoms with Gasteiger partial charge in [0.2, 0.25) is 0 Å². The second-order valence-corrected chi connectivity index (χ2v) is 6.45. The third-order valence-electron chi connectivity index (χ3n) is 3.00. The van der Waals surface area contributed by atoms with Gasteiger partial charge in [-0.05, 0) is 44.2 Å². The van der Waals surface area contributed by atoms with Crippen molar-refractivity contribution in [3.63, 3.8) is 0 Å². The maximum absolute atomic E-state index is 12.6. The zero-order chi connectivity index (χ0) is 16.2. The molecule has 0 saturated carbocycles. The molecule has 0 spiro atoms. The number of carbonyl (C=O) groups is 1. The van der Waals surface area contributed by atoms with Crippen molar-refractivity contribution in [1.82, 2.24) is 3.97 Å². The smallest absolute Gasteiger partial charge is 0.330 e. The summed E-state index contributed by atoms with van der Waals surface area (Å²) in [6, 6.07) is 9.82. The Balaban J connectivity index is 2.35. The van der Waals surface area contributed by atoms with Crippen LogP contribution in [0.15, 0.2) is 53.6 Å². The molecule has 1 aromatic heterocycles. The minimum Gasteiger partial charge on any atom is -0.463 e. The highest BCUT2D eigenvalue weighted by Crippen LogP contribution is 2.18. The van der Waals surface area contributed by atoms with Crippen LogP contribution in [-0.2, 0) is 19.6 Å². The lowest BCUT2D eigenvalue weighted by molar-refractivity contribution is -0.137. The first-order chi connectivity index (χ1) is 10.4. The Kier molecular flexibility index (Phi) is 4.82. The molecular formula is C16H17NO4S. The van der Waals surface area contributed by atoms with Crippen LogP contribution in [0.3, 0.4) is 0 Å². The second-order valence-electron chi connectivity index (χ2n) is 4.63. The van der Waals surface area contributed by atoms with E-state index in [1.54, 1.807) is 43.3 Å². The van der Waals surface area contributed by atoms with Crippen molar-refractivity contribution in [3.05, 3.63) is 59.9 Å². The predicted octanol–water partition coefficient (Wildman–Crippen LogP) is 2.61. The topological polar surface area (TPSA) is 65.4 Å². The predicted molar refractivity (Wildman–Crippen MR) is 83.9 cm³/mol. The van der Waals surface area contributed by atoms with Crippen molar-refractivity contribution in [2.24, 2.45) is 0 Å². The van der Waals surface area contributed by atoms with Crippen LogP contribution in [0.5, 0.6) is 0 Å². The number of benzene rings is 1. The molecular weight excluding hydrogens is 302 g/mol.